The first-order valence-corrected chi connectivity index (χ1v) is 10.4. The number of alkyl halides is 3. The van der Waals surface area contributed by atoms with E-state index < -0.39 is 29.1 Å². The second-order valence-corrected chi connectivity index (χ2v) is 8.25. The number of primary amides is 1. The van der Waals surface area contributed by atoms with E-state index in [-0.39, 0.29) is 17.3 Å². The van der Waals surface area contributed by atoms with Gasteiger partial charge in [0.25, 0.3) is 5.91 Å². The lowest BCUT2D eigenvalue weighted by Crippen LogP contribution is -2.55. The molecule has 2 aromatic heterocycles. The number of aromatic nitrogens is 3. The molecule has 7 nitrogen and oxygen atoms in total. The van der Waals surface area contributed by atoms with Crippen LogP contribution < -0.4 is 11.1 Å². The minimum atomic E-state index is -4.53. The maximum absolute atomic E-state index is 13.2. The molecule has 11 heteroatoms. The van der Waals surface area contributed by atoms with Gasteiger partial charge < -0.3 is 11.1 Å². The number of carbonyl (C=O) groups excluding carboxylic acids is 2. The van der Waals surface area contributed by atoms with E-state index in [1.54, 1.807) is 17.5 Å². The van der Waals surface area contributed by atoms with Gasteiger partial charge in [-0.05, 0) is 42.5 Å². The summed E-state index contributed by atoms with van der Waals surface area (Å²) < 4.78 is 40.8. The third-order valence-electron chi connectivity index (χ3n) is 5.25. The van der Waals surface area contributed by atoms with Gasteiger partial charge in [-0.2, -0.15) is 13.2 Å². The molecule has 0 unspecified atom stereocenters. The van der Waals surface area contributed by atoms with Gasteiger partial charge >= 0.3 is 6.18 Å². The summed E-state index contributed by atoms with van der Waals surface area (Å²) in [6, 6.07) is 8.09. The molecule has 2 heterocycles. The molecule has 0 saturated heterocycles. The van der Waals surface area contributed by atoms with Crippen LogP contribution in [0.2, 0.25) is 0 Å². The van der Waals surface area contributed by atoms with Gasteiger partial charge in [0, 0.05) is 0 Å². The third-order valence-corrected chi connectivity index (χ3v) is 6.12. The van der Waals surface area contributed by atoms with Crippen LogP contribution in [0.5, 0.6) is 0 Å². The smallest absolute Gasteiger partial charge is 0.368 e. The van der Waals surface area contributed by atoms with Crippen molar-refractivity contribution in [1.82, 2.24) is 20.1 Å². The summed E-state index contributed by atoms with van der Waals surface area (Å²) in [6.45, 7) is 0. The summed E-state index contributed by atoms with van der Waals surface area (Å²) in [5, 5.41) is 8.60. The van der Waals surface area contributed by atoms with Crippen molar-refractivity contribution in [2.24, 2.45) is 5.73 Å². The number of thiophene rings is 1. The van der Waals surface area contributed by atoms with Crippen molar-refractivity contribution >= 4 is 23.2 Å². The molecule has 0 atom stereocenters. The molecule has 1 aromatic carbocycles. The molecule has 0 radical (unpaired) electrons. The number of benzene rings is 1. The van der Waals surface area contributed by atoms with E-state index >= 15 is 0 Å². The van der Waals surface area contributed by atoms with Crippen molar-refractivity contribution in [1.29, 1.82) is 0 Å². The fraction of sp³-hybridized carbons (Fsp3) is 0.300. The molecule has 31 heavy (non-hydrogen) atoms. The number of rotatable bonds is 5. The Morgan fingerprint density at radius 1 is 1.16 bits per heavy atom. The van der Waals surface area contributed by atoms with Crippen molar-refractivity contribution in [3.05, 3.63) is 53.2 Å². The quantitative estimate of drug-likeness (QED) is 0.622. The zero-order valence-electron chi connectivity index (χ0n) is 16.1. The van der Waals surface area contributed by atoms with Crippen LogP contribution in [0.4, 0.5) is 13.2 Å². The van der Waals surface area contributed by atoms with Gasteiger partial charge in [0.2, 0.25) is 11.7 Å². The maximum atomic E-state index is 13.2. The van der Waals surface area contributed by atoms with Crippen LogP contribution in [0.3, 0.4) is 0 Å². The predicted octanol–water partition coefficient (Wildman–Crippen LogP) is 3.54. The van der Waals surface area contributed by atoms with E-state index in [4.69, 9.17) is 5.73 Å². The Morgan fingerprint density at radius 2 is 1.90 bits per heavy atom. The summed E-state index contributed by atoms with van der Waals surface area (Å²) in [5.41, 5.74) is 3.61. The summed E-state index contributed by atoms with van der Waals surface area (Å²) in [6.07, 6.45) is -2.21. The molecule has 0 bridgehead atoms. The van der Waals surface area contributed by atoms with Crippen molar-refractivity contribution in [3.63, 3.8) is 0 Å². The first-order valence-electron chi connectivity index (χ1n) is 9.51. The Balaban J connectivity index is 1.75. The van der Waals surface area contributed by atoms with Crippen LogP contribution in [0.25, 0.3) is 16.4 Å². The molecule has 3 N–H and O–H groups in total. The first kappa shape index (κ1) is 21.0. The molecule has 1 aliphatic rings. The molecule has 1 saturated carbocycles. The largest absolute Gasteiger partial charge is 0.416 e. The first-order chi connectivity index (χ1) is 14.7. The van der Waals surface area contributed by atoms with Gasteiger partial charge in [0.05, 0.1) is 16.1 Å². The highest BCUT2D eigenvalue weighted by atomic mass is 32.1. The zero-order chi connectivity index (χ0) is 22.2. The second-order valence-electron chi connectivity index (χ2n) is 7.30. The Kier molecular flexibility index (Phi) is 5.29. The van der Waals surface area contributed by atoms with E-state index in [0.29, 0.717) is 17.7 Å². The van der Waals surface area contributed by atoms with Gasteiger partial charge in [-0.15, -0.1) is 16.4 Å². The second kappa shape index (κ2) is 7.80. The maximum Gasteiger partial charge on any atom is 0.416 e. The van der Waals surface area contributed by atoms with Crippen molar-refractivity contribution in [2.45, 2.75) is 37.4 Å². The fourth-order valence-corrected chi connectivity index (χ4v) is 4.35. The normalized spacial score (nSPS) is 15.7. The van der Waals surface area contributed by atoms with Crippen LogP contribution in [-0.2, 0) is 11.0 Å². The Morgan fingerprint density at radius 3 is 2.52 bits per heavy atom. The fourth-order valence-electron chi connectivity index (χ4n) is 3.65. The highest BCUT2D eigenvalue weighted by molar-refractivity contribution is 7.13. The number of carbonyl (C=O) groups is 2. The average Bonchev–Trinajstić information content (AvgIpc) is 3.47. The van der Waals surface area contributed by atoms with Crippen LogP contribution in [0, 0.1) is 0 Å². The zero-order valence-corrected chi connectivity index (χ0v) is 17.0. The van der Waals surface area contributed by atoms with Crippen molar-refractivity contribution in [3.8, 4) is 16.4 Å². The average molecular weight is 449 g/mol. The summed E-state index contributed by atoms with van der Waals surface area (Å²) in [4.78, 5) is 29.7. The Hall–Kier alpha value is -3.21. The molecule has 4 rings (SSSR count). The van der Waals surface area contributed by atoms with Crippen LogP contribution in [-0.4, -0.2) is 32.1 Å². The number of hydrogen-bond acceptors (Lipinski definition) is 5. The van der Waals surface area contributed by atoms with Gasteiger partial charge in [0.15, 0.2) is 5.82 Å². The van der Waals surface area contributed by atoms with Gasteiger partial charge in [-0.25, -0.2) is 9.67 Å². The molecule has 162 valence electrons. The molecule has 0 aliphatic heterocycles. The standard InChI is InChI=1S/C20H18F3N5O2S/c21-20(22,23)12-5-3-6-13(11-12)28-16(14-7-4-10-31-14)25-15(27-28)17(29)26-19(18(24)30)8-1-2-9-19/h3-7,10-11H,1-2,8-9H2,(H2,24,30)(H,26,29). The lowest BCUT2D eigenvalue weighted by atomic mass is 9.96. The van der Waals surface area contributed by atoms with Gasteiger partial charge in [0.1, 0.15) is 5.54 Å². The number of nitrogens with zero attached hydrogens (tertiary/aromatic N) is 3. The lowest BCUT2D eigenvalue weighted by molar-refractivity contribution is -0.137. The third kappa shape index (κ3) is 4.05. The lowest BCUT2D eigenvalue weighted by Gasteiger charge is -2.25. The molecular weight excluding hydrogens is 431 g/mol. The van der Waals surface area contributed by atoms with Crippen LogP contribution in [0.15, 0.2) is 41.8 Å². The molecule has 1 aliphatic carbocycles. The predicted molar refractivity (Wildman–Crippen MR) is 108 cm³/mol. The Bertz CT molecular complexity index is 1120. The number of nitrogens with two attached hydrogens (primary N) is 1. The minimum absolute atomic E-state index is 0.107. The van der Waals surface area contributed by atoms with E-state index in [0.717, 1.165) is 25.0 Å². The van der Waals surface area contributed by atoms with E-state index in [2.05, 4.69) is 15.4 Å². The van der Waals surface area contributed by atoms with E-state index in [1.807, 2.05) is 0 Å². The number of halogens is 3. The molecule has 1 fully saturated rings. The Labute approximate surface area is 179 Å². The number of nitrogens with one attached hydrogen (secondary N) is 1. The summed E-state index contributed by atoms with van der Waals surface area (Å²) >= 11 is 1.31. The monoisotopic (exact) mass is 449 g/mol. The molecule has 2 amide bonds. The van der Waals surface area contributed by atoms with E-state index in [1.165, 1.54) is 28.2 Å². The summed E-state index contributed by atoms with van der Waals surface area (Å²) in [7, 11) is 0. The minimum Gasteiger partial charge on any atom is -0.368 e. The highest BCUT2D eigenvalue weighted by Gasteiger charge is 2.42. The van der Waals surface area contributed by atoms with E-state index in [9.17, 15) is 22.8 Å². The number of hydrogen-bond donors (Lipinski definition) is 2. The molecule has 3 aromatic rings. The van der Waals surface area contributed by atoms with Crippen molar-refractivity contribution < 1.29 is 22.8 Å². The van der Waals surface area contributed by atoms with Gasteiger partial charge in [-0.3, -0.25) is 9.59 Å². The van der Waals surface area contributed by atoms with Crippen LogP contribution >= 0.6 is 11.3 Å². The highest BCUT2D eigenvalue weighted by Crippen LogP contribution is 2.33. The van der Waals surface area contributed by atoms with Gasteiger partial charge in [-0.1, -0.05) is 25.0 Å². The summed E-state index contributed by atoms with van der Waals surface area (Å²) in [5.74, 6) is -1.37. The molecule has 0 spiro atoms. The number of amides is 2. The van der Waals surface area contributed by atoms with Crippen molar-refractivity contribution in [2.75, 3.05) is 0 Å². The molecular formula is C20H18F3N5O2S. The SMILES string of the molecule is NC(=O)C1(NC(=O)c2nc(-c3cccs3)n(-c3cccc(C(F)(F)F)c3)n2)CCCC1. The topological polar surface area (TPSA) is 103 Å². The van der Waals surface area contributed by atoms with Crippen LogP contribution in [0.1, 0.15) is 41.9 Å².